The highest BCUT2D eigenvalue weighted by Crippen LogP contribution is 2.28. The number of nitrogens with zero attached hydrogens (tertiary/aromatic N) is 3. The zero-order valence-corrected chi connectivity index (χ0v) is 17.1. The van der Waals surface area contributed by atoms with Gasteiger partial charge in [0.15, 0.2) is 11.0 Å². The SMILES string of the molecule is COc1ccc(-c2nnc(SCc3ccc(C(N)=O)cc3)n2Cc2ccco2)cc1. The Morgan fingerprint density at radius 3 is 2.50 bits per heavy atom. The first-order valence-corrected chi connectivity index (χ1v) is 10.2. The number of furan rings is 1. The number of carbonyl (C=O) groups excluding carboxylic acids is 1. The van der Waals surface area contributed by atoms with Gasteiger partial charge in [0.05, 0.1) is 19.9 Å². The third-order valence-corrected chi connectivity index (χ3v) is 5.60. The molecule has 0 spiro atoms. The van der Waals surface area contributed by atoms with Crippen LogP contribution in [0.2, 0.25) is 0 Å². The van der Waals surface area contributed by atoms with Gasteiger partial charge in [-0.2, -0.15) is 0 Å². The van der Waals surface area contributed by atoms with E-state index >= 15 is 0 Å². The molecule has 152 valence electrons. The topological polar surface area (TPSA) is 96.2 Å². The number of thioether (sulfide) groups is 1. The molecule has 0 saturated heterocycles. The molecule has 0 saturated carbocycles. The van der Waals surface area contributed by atoms with Gasteiger partial charge in [0, 0.05) is 16.9 Å². The Morgan fingerprint density at radius 2 is 1.87 bits per heavy atom. The van der Waals surface area contributed by atoms with Crippen LogP contribution < -0.4 is 10.5 Å². The molecule has 0 aliphatic heterocycles. The summed E-state index contributed by atoms with van der Waals surface area (Å²) in [6, 6.07) is 18.7. The van der Waals surface area contributed by atoms with E-state index < -0.39 is 5.91 Å². The molecule has 0 aliphatic carbocycles. The normalized spacial score (nSPS) is 10.8. The van der Waals surface area contributed by atoms with Gasteiger partial charge in [0.2, 0.25) is 5.91 Å². The number of carbonyl (C=O) groups is 1. The van der Waals surface area contributed by atoms with Crippen LogP contribution in [0.4, 0.5) is 0 Å². The van der Waals surface area contributed by atoms with Gasteiger partial charge in [0.1, 0.15) is 11.5 Å². The minimum absolute atomic E-state index is 0.434. The van der Waals surface area contributed by atoms with E-state index in [0.29, 0.717) is 17.9 Å². The first kappa shape index (κ1) is 19.8. The average molecular weight is 420 g/mol. The number of amides is 1. The summed E-state index contributed by atoms with van der Waals surface area (Å²) >= 11 is 1.57. The molecule has 0 radical (unpaired) electrons. The van der Waals surface area contributed by atoms with Crippen molar-refractivity contribution in [1.29, 1.82) is 0 Å². The molecule has 2 heterocycles. The second kappa shape index (κ2) is 8.87. The van der Waals surface area contributed by atoms with Crippen molar-refractivity contribution in [1.82, 2.24) is 14.8 Å². The first-order valence-electron chi connectivity index (χ1n) is 9.25. The zero-order chi connectivity index (χ0) is 20.9. The van der Waals surface area contributed by atoms with Crippen molar-refractivity contribution in [3.8, 4) is 17.1 Å². The summed E-state index contributed by atoms with van der Waals surface area (Å²) in [5.41, 5.74) is 7.80. The number of primary amides is 1. The number of nitrogens with two attached hydrogens (primary N) is 1. The molecule has 2 aromatic carbocycles. The highest BCUT2D eigenvalue weighted by molar-refractivity contribution is 7.98. The van der Waals surface area contributed by atoms with E-state index in [1.807, 2.05) is 53.1 Å². The minimum atomic E-state index is -0.434. The van der Waals surface area contributed by atoms with Crippen LogP contribution in [0.15, 0.2) is 76.5 Å². The molecule has 30 heavy (non-hydrogen) atoms. The van der Waals surface area contributed by atoms with Crippen molar-refractivity contribution in [2.24, 2.45) is 5.73 Å². The highest BCUT2D eigenvalue weighted by atomic mass is 32.2. The van der Waals surface area contributed by atoms with Gasteiger partial charge >= 0.3 is 0 Å². The van der Waals surface area contributed by atoms with Crippen LogP contribution in [0.3, 0.4) is 0 Å². The molecule has 4 rings (SSSR count). The Labute approximate surface area is 177 Å². The fourth-order valence-corrected chi connectivity index (χ4v) is 3.86. The number of hydrogen-bond donors (Lipinski definition) is 1. The number of methoxy groups -OCH3 is 1. The fraction of sp³-hybridized carbons (Fsp3) is 0.136. The van der Waals surface area contributed by atoms with Gasteiger partial charge in [-0.05, 0) is 54.1 Å². The Bertz CT molecular complexity index is 1120. The van der Waals surface area contributed by atoms with Gasteiger partial charge in [-0.25, -0.2) is 0 Å². The van der Waals surface area contributed by atoms with E-state index in [1.165, 1.54) is 0 Å². The lowest BCUT2D eigenvalue weighted by Crippen LogP contribution is -2.10. The lowest BCUT2D eigenvalue weighted by atomic mass is 10.1. The predicted octanol–water partition coefficient (Wildman–Crippen LogP) is 3.99. The van der Waals surface area contributed by atoms with Gasteiger partial charge in [-0.1, -0.05) is 23.9 Å². The molecular formula is C22H20N4O3S. The Kier molecular flexibility index (Phi) is 5.85. The third-order valence-electron chi connectivity index (χ3n) is 4.57. The smallest absolute Gasteiger partial charge is 0.248 e. The first-order chi connectivity index (χ1) is 14.6. The van der Waals surface area contributed by atoms with E-state index in [2.05, 4.69) is 10.2 Å². The summed E-state index contributed by atoms with van der Waals surface area (Å²) in [5, 5.41) is 9.60. The number of aromatic nitrogens is 3. The van der Waals surface area contributed by atoms with E-state index in [4.69, 9.17) is 14.9 Å². The zero-order valence-electron chi connectivity index (χ0n) is 16.3. The molecule has 8 heteroatoms. The van der Waals surface area contributed by atoms with E-state index in [-0.39, 0.29) is 0 Å². The molecule has 2 N–H and O–H groups in total. The third kappa shape index (κ3) is 4.38. The maximum Gasteiger partial charge on any atom is 0.248 e. The fourth-order valence-electron chi connectivity index (χ4n) is 2.96. The largest absolute Gasteiger partial charge is 0.497 e. The highest BCUT2D eigenvalue weighted by Gasteiger charge is 2.16. The molecule has 0 fully saturated rings. The molecular weight excluding hydrogens is 400 g/mol. The van der Waals surface area contributed by atoms with Crippen molar-refractivity contribution in [3.05, 3.63) is 83.8 Å². The van der Waals surface area contributed by atoms with Gasteiger partial charge in [-0.3, -0.25) is 9.36 Å². The van der Waals surface area contributed by atoms with Crippen LogP contribution in [0.1, 0.15) is 21.7 Å². The number of benzene rings is 2. The summed E-state index contributed by atoms with van der Waals surface area (Å²) in [6.45, 7) is 0.518. The Hall–Kier alpha value is -3.52. The van der Waals surface area contributed by atoms with Crippen molar-refractivity contribution < 1.29 is 13.9 Å². The lowest BCUT2D eigenvalue weighted by molar-refractivity contribution is 0.100. The van der Waals surface area contributed by atoms with Crippen LogP contribution in [-0.4, -0.2) is 27.8 Å². The number of ether oxygens (including phenoxy) is 1. The molecule has 0 aliphatic rings. The minimum Gasteiger partial charge on any atom is -0.497 e. The monoisotopic (exact) mass is 420 g/mol. The summed E-state index contributed by atoms with van der Waals surface area (Å²) in [6.07, 6.45) is 1.65. The Balaban J connectivity index is 1.60. The predicted molar refractivity (Wildman–Crippen MR) is 114 cm³/mol. The summed E-state index contributed by atoms with van der Waals surface area (Å²) in [4.78, 5) is 11.2. The van der Waals surface area contributed by atoms with E-state index in [1.54, 1.807) is 37.3 Å². The molecule has 7 nitrogen and oxygen atoms in total. The van der Waals surface area contributed by atoms with Gasteiger partial charge in [0.25, 0.3) is 0 Å². The van der Waals surface area contributed by atoms with Crippen LogP contribution in [-0.2, 0) is 12.3 Å². The van der Waals surface area contributed by atoms with Crippen molar-refractivity contribution >= 4 is 17.7 Å². The van der Waals surface area contributed by atoms with E-state index in [0.717, 1.165) is 33.6 Å². The van der Waals surface area contributed by atoms with Crippen LogP contribution in [0, 0.1) is 0 Å². The quantitative estimate of drug-likeness (QED) is 0.433. The van der Waals surface area contributed by atoms with Crippen LogP contribution in [0.25, 0.3) is 11.4 Å². The standard InChI is InChI=1S/C22H20N4O3S/c1-28-18-10-8-17(9-11-18)21-24-25-22(26(21)13-19-3-2-12-29-19)30-14-15-4-6-16(7-5-15)20(23)27/h2-12H,13-14H2,1H3,(H2,23,27). The van der Waals surface area contributed by atoms with Crippen LogP contribution >= 0.6 is 11.8 Å². The number of hydrogen-bond acceptors (Lipinski definition) is 6. The lowest BCUT2D eigenvalue weighted by Gasteiger charge is -2.09. The summed E-state index contributed by atoms with van der Waals surface area (Å²) in [5.74, 6) is 2.59. The molecule has 4 aromatic rings. The van der Waals surface area contributed by atoms with Gasteiger partial charge in [-0.15, -0.1) is 10.2 Å². The van der Waals surface area contributed by atoms with Crippen molar-refractivity contribution in [2.75, 3.05) is 7.11 Å². The van der Waals surface area contributed by atoms with Crippen LogP contribution in [0.5, 0.6) is 5.75 Å². The second-order valence-electron chi connectivity index (χ2n) is 6.55. The molecule has 0 unspecified atom stereocenters. The van der Waals surface area contributed by atoms with Crippen molar-refractivity contribution in [2.45, 2.75) is 17.5 Å². The average Bonchev–Trinajstić information content (AvgIpc) is 3.43. The molecule has 2 aromatic heterocycles. The van der Waals surface area contributed by atoms with Crippen molar-refractivity contribution in [3.63, 3.8) is 0 Å². The summed E-state index contributed by atoms with van der Waals surface area (Å²) < 4.78 is 12.8. The number of rotatable bonds is 8. The van der Waals surface area contributed by atoms with E-state index in [9.17, 15) is 4.79 Å². The summed E-state index contributed by atoms with van der Waals surface area (Å²) in [7, 11) is 1.64. The maximum absolute atomic E-state index is 11.2. The van der Waals surface area contributed by atoms with Gasteiger partial charge < -0.3 is 14.9 Å². The maximum atomic E-state index is 11.2. The molecule has 0 atom stereocenters. The Morgan fingerprint density at radius 1 is 1.10 bits per heavy atom. The second-order valence-corrected chi connectivity index (χ2v) is 7.49. The molecule has 0 bridgehead atoms. The molecule has 1 amide bonds.